The summed E-state index contributed by atoms with van der Waals surface area (Å²) < 4.78 is 0. The van der Waals surface area contributed by atoms with Crippen molar-refractivity contribution in [3.63, 3.8) is 0 Å². The molecule has 108 valence electrons. The van der Waals surface area contributed by atoms with Crippen LogP contribution in [0.5, 0.6) is 0 Å². The molecule has 1 heterocycles. The van der Waals surface area contributed by atoms with Gasteiger partial charge in [-0.15, -0.1) is 0 Å². The number of rotatable bonds is 6. The van der Waals surface area contributed by atoms with Crippen molar-refractivity contribution in [2.45, 2.75) is 38.1 Å². The molecule has 1 rings (SSSR count). The zero-order valence-corrected chi connectivity index (χ0v) is 10.6. The highest BCUT2D eigenvalue weighted by molar-refractivity contribution is 5.82. The van der Waals surface area contributed by atoms with Gasteiger partial charge in [-0.25, -0.2) is 14.6 Å². The van der Waals surface area contributed by atoms with E-state index in [0.29, 0.717) is 0 Å². The van der Waals surface area contributed by atoms with Gasteiger partial charge < -0.3 is 15.5 Å². The third-order valence-electron chi connectivity index (χ3n) is 2.87. The van der Waals surface area contributed by atoms with Gasteiger partial charge in [-0.2, -0.15) is 0 Å². The molecule has 8 heteroatoms. The third kappa shape index (κ3) is 6.05. The molecule has 1 aliphatic heterocycles. The van der Waals surface area contributed by atoms with Crippen molar-refractivity contribution < 1.29 is 24.6 Å². The van der Waals surface area contributed by atoms with Gasteiger partial charge in [0.1, 0.15) is 6.04 Å². The molecule has 1 fully saturated rings. The lowest BCUT2D eigenvalue weighted by Gasteiger charge is -2.27. The Hall–Kier alpha value is -1.83. The van der Waals surface area contributed by atoms with Gasteiger partial charge in [-0.3, -0.25) is 10.2 Å². The van der Waals surface area contributed by atoms with Crippen LogP contribution in [0.3, 0.4) is 0 Å². The quantitative estimate of drug-likeness (QED) is 0.541. The molecule has 0 bridgehead atoms. The van der Waals surface area contributed by atoms with E-state index in [1.165, 1.54) is 0 Å². The lowest BCUT2D eigenvalue weighted by atomic mass is 10.1. The van der Waals surface area contributed by atoms with E-state index in [9.17, 15) is 14.4 Å². The predicted octanol–water partition coefficient (Wildman–Crippen LogP) is 0.00450. The van der Waals surface area contributed by atoms with Gasteiger partial charge in [0.05, 0.1) is 0 Å². The number of nitrogens with zero attached hydrogens (tertiary/aromatic N) is 1. The van der Waals surface area contributed by atoms with Crippen LogP contribution in [0, 0.1) is 0 Å². The number of carboxylic acid groups (broad SMARTS) is 2. The van der Waals surface area contributed by atoms with Crippen LogP contribution in [-0.4, -0.2) is 52.3 Å². The largest absolute Gasteiger partial charge is 0.481 e. The number of urea groups is 1. The minimum atomic E-state index is -1.24. The highest BCUT2D eigenvalue weighted by Crippen LogP contribution is 2.05. The minimum absolute atomic E-state index is 0.141. The number of hydrogen-bond donors (Lipinski definition) is 4. The fourth-order valence-corrected chi connectivity index (χ4v) is 1.87. The Labute approximate surface area is 110 Å². The van der Waals surface area contributed by atoms with Crippen LogP contribution >= 0.6 is 0 Å². The Morgan fingerprint density at radius 3 is 2.26 bits per heavy atom. The Bertz CT molecular complexity index is 341. The molecule has 0 unspecified atom stereocenters. The number of aliphatic carboxylic acids is 2. The highest BCUT2D eigenvalue weighted by Gasteiger charge is 2.22. The van der Waals surface area contributed by atoms with E-state index in [2.05, 4.69) is 10.7 Å². The second-order valence-corrected chi connectivity index (χ2v) is 4.46. The molecule has 4 N–H and O–H groups in total. The molecule has 1 saturated heterocycles. The second kappa shape index (κ2) is 7.57. The van der Waals surface area contributed by atoms with Gasteiger partial charge >= 0.3 is 18.0 Å². The maximum Gasteiger partial charge on any atom is 0.330 e. The van der Waals surface area contributed by atoms with E-state index >= 15 is 0 Å². The first-order valence-electron chi connectivity index (χ1n) is 6.25. The maximum absolute atomic E-state index is 11.6. The number of nitrogens with one attached hydrogen (secondary N) is 2. The van der Waals surface area contributed by atoms with Crippen molar-refractivity contribution in [2.24, 2.45) is 0 Å². The standard InChI is InChI=1S/C11H19N3O5/c15-9(16)5-4-8(10(17)18)12-11(19)13-14-6-2-1-3-7-14/h8H,1-7H2,(H,15,16)(H,17,18)(H2,12,13,19)/t8-/m0/s1. The number of piperidine rings is 1. The number of carboxylic acids is 2. The SMILES string of the molecule is O=C(O)CC[C@H](NC(=O)NN1CCCCC1)C(=O)O. The Balaban J connectivity index is 2.37. The van der Waals surface area contributed by atoms with Crippen molar-refractivity contribution in [3.05, 3.63) is 0 Å². The Kier molecular flexibility index (Phi) is 6.07. The lowest BCUT2D eigenvalue weighted by molar-refractivity contribution is -0.140. The average Bonchev–Trinajstić information content (AvgIpc) is 2.35. The van der Waals surface area contributed by atoms with Gasteiger partial charge in [-0.1, -0.05) is 6.42 Å². The van der Waals surface area contributed by atoms with Gasteiger partial charge in [0.15, 0.2) is 0 Å². The van der Waals surface area contributed by atoms with Gasteiger partial charge in [0.25, 0.3) is 0 Å². The first-order chi connectivity index (χ1) is 8.99. The van der Waals surface area contributed by atoms with E-state index in [1.54, 1.807) is 5.01 Å². The minimum Gasteiger partial charge on any atom is -0.481 e. The molecule has 1 aliphatic rings. The summed E-state index contributed by atoms with van der Waals surface area (Å²) in [7, 11) is 0. The maximum atomic E-state index is 11.6. The van der Waals surface area contributed by atoms with E-state index in [1.807, 2.05) is 0 Å². The van der Waals surface area contributed by atoms with Crippen molar-refractivity contribution in [1.82, 2.24) is 15.8 Å². The van der Waals surface area contributed by atoms with Crippen LogP contribution in [0.1, 0.15) is 32.1 Å². The number of amides is 2. The summed E-state index contributed by atoms with van der Waals surface area (Å²) in [6, 6.07) is -1.81. The van der Waals surface area contributed by atoms with Gasteiger partial charge in [0.2, 0.25) is 0 Å². The second-order valence-electron chi connectivity index (χ2n) is 4.46. The molecule has 0 saturated carbocycles. The first kappa shape index (κ1) is 15.2. The number of hydrazine groups is 1. The van der Waals surface area contributed by atoms with Gasteiger partial charge in [-0.05, 0) is 19.3 Å². The van der Waals surface area contributed by atoms with Crippen LogP contribution < -0.4 is 10.7 Å². The topological polar surface area (TPSA) is 119 Å². The summed E-state index contributed by atoms with van der Waals surface area (Å²) in [5, 5.41) is 21.4. The van der Waals surface area contributed by atoms with Crippen molar-refractivity contribution in [1.29, 1.82) is 0 Å². The molecular formula is C11H19N3O5. The van der Waals surface area contributed by atoms with Crippen LogP contribution in [-0.2, 0) is 9.59 Å². The van der Waals surface area contributed by atoms with Crippen LogP contribution in [0.15, 0.2) is 0 Å². The number of hydrogen-bond acceptors (Lipinski definition) is 4. The number of carbonyl (C=O) groups excluding carboxylic acids is 1. The number of carbonyl (C=O) groups is 3. The Morgan fingerprint density at radius 2 is 1.74 bits per heavy atom. The van der Waals surface area contributed by atoms with E-state index in [4.69, 9.17) is 10.2 Å². The fourth-order valence-electron chi connectivity index (χ4n) is 1.87. The summed E-state index contributed by atoms with van der Waals surface area (Å²) in [5.74, 6) is -2.33. The molecule has 1 atom stereocenters. The highest BCUT2D eigenvalue weighted by atomic mass is 16.4. The summed E-state index contributed by atoms with van der Waals surface area (Å²) in [6.45, 7) is 1.47. The van der Waals surface area contributed by atoms with E-state index < -0.39 is 24.0 Å². The van der Waals surface area contributed by atoms with Crippen LogP contribution in [0.2, 0.25) is 0 Å². The zero-order valence-electron chi connectivity index (χ0n) is 10.6. The summed E-state index contributed by atoms with van der Waals surface area (Å²) in [5.41, 5.74) is 2.56. The monoisotopic (exact) mass is 273 g/mol. The van der Waals surface area contributed by atoms with Crippen molar-refractivity contribution in [3.8, 4) is 0 Å². The van der Waals surface area contributed by atoms with Crippen molar-refractivity contribution >= 4 is 18.0 Å². The normalized spacial score (nSPS) is 17.5. The lowest BCUT2D eigenvalue weighted by Crippen LogP contribution is -2.53. The first-order valence-corrected chi connectivity index (χ1v) is 6.25. The molecule has 0 aromatic heterocycles. The molecule has 0 aliphatic carbocycles. The summed E-state index contributed by atoms with van der Waals surface area (Å²) >= 11 is 0. The molecule has 0 aromatic carbocycles. The average molecular weight is 273 g/mol. The van der Waals surface area contributed by atoms with Crippen LogP contribution in [0.4, 0.5) is 4.79 Å². The van der Waals surface area contributed by atoms with E-state index in [0.717, 1.165) is 32.4 Å². The summed E-state index contributed by atoms with van der Waals surface area (Å²) in [4.78, 5) is 32.9. The molecule has 19 heavy (non-hydrogen) atoms. The summed E-state index contributed by atoms with van der Waals surface area (Å²) in [6.07, 6.45) is 2.65. The smallest absolute Gasteiger partial charge is 0.330 e. The Morgan fingerprint density at radius 1 is 1.11 bits per heavy atom. The fraction of sp³-hybridized carbons (Fsp3) is 0.727. The molecule has 8 nitrogen and oxygen atoms in total. The third-order valence-corrected chi connectivity index (χ3v) is 2.87. The van der Waals surface area contributed by atoms with Gasteiger partial charge in [0, 0.05) is 19.5 Å². The molecule has 0 aromatic rings. The molecular weight excluding hydrogens is 254 g/mol. The molecule has 2 amide bonds. The zero-order chi connectivity index (χ0) is 14.3. The van der Waals surface area contributed by atoms with Crippen LogP contribution in [0.25, 0.3) is 0 Å². The van der Waals surface area contributed by atoms with E-state index in [-0.39, 0.29) is 12.8 Å². The molecule has 0 spiro atoms. The van der Waals surface area contributed by atoms with Crippen molar-refractivity contribution in [2.75, 3.05) is 13.1 Å². The molecule has 0 radical (unpaired) electrons. The predicted molar refractivity (Wildman–Crippen MR) is 65.4 cm³/mol.